The smallest absolute Gasteiger partial charge is 0.137 e. The van der Waals surface area contributed by atoms with Gasteiger partial charge in [-0.25, -0.2) is 9.37 Å². The Labute approximate surface area is 115 Å². The van der Waals surface area contributed by atoms with Crippen molar-refractivity contribution in [1.29, 1.82) is 0 Å². The van der Waals surface area contributed by atoms with Gasteiger partial charge in [-0.1, -0.05) is 6.07 Å². The molecule has 0 amide bonds. The molecule has 0 aliphatic carbocycles. The van der Waals surface area contributed by atoms with Crippen LogP contribution in [0.3, 0.4) is 0 Å². The minimum atomic E-state index is -0.337. The van der Waals surface area contributed by atoms with E-state index in [0.29, 0.717) is 28.8 Å². The van der Waals surface area contributed by atoms with Gasteiger partial charge < -0.3 is 11.1 Å². The molecule has 0 fully saturated rings. The largest absolute Gasteiger partial charge is 0.398 e. The SMILES string of the molecule is Nc1ccc(F)c2c(NCc3cccnc3)nccc12. The van der Waals surface area contributed by atoms with E-state index in [4.69, 9.17) is 5.73 Å². The van der Waals surface area contributed by atoms with Crippen molar-refractivity contribution in [3.8, 4) is 0 Å². The standard InChI is InChI=1S/C15H13FN4/c16-12-3-4-13(17)11-5-7-19-15(14(11)12)20-9-10-2-1-6-18-8-10/h1-8H,9,17H2,(H,19,20). The van der Waals surface area contributed by atoms with Crippen molar-refractivity contribution in [3.05, 3.63) is 60.3 Å². The first-order chi connectivity index (χ1) is 9.75. The van der Waals surface area contributed by atoms with Crippen LogP contribution in [0.15, 0.2) is 48.9 Å². The van der Waals surface area contributed by atoms with Crippen molar-refractivity contribution in [3.63, 3.8) is 0 Å². The molecule has 4 nitrogen and oxygen atoms in total. The van der Waals surface area contributed by atoms with E-state index in [9.17, 15) is 4.39 Å². The van der Waals surface area contributed by atoms with Gasteiger partial charge in [-0.05, 0) is 29.8 Å². The van der Waals surface area contributed by atoms with Crippen molar-refractivity contribution >= 4 is 22.3 Å². The van der Waals surface area contributed by atoms with Crippen LogP contribution in [-0.4, -0.2) is 9.97 Å². The first kappa shape index (κ1) is 12.3. The Hall–Kier alpha value is -2.69. The predicted molar refractivity (Wildman–Crippen MR) is 77.7 cm³/mol. The Bertz CT molecular complexity index is 743. The molecule has 2 heterocycles. The molecule has 0 saturated heterocycles. The van der Waals surface area contributed by atoms with Crippen molar-refractivity contribution in [1.82, 2.24) is 9.97 Å². The number of nitrogens with two attached hydrogens (primary N) is 1. The van der Waals surface area contributed by atoms with E-state index in [0.717, 1.165) is 5.56 Å². The van der Waals surface area contributed by atoms with E-state index in [-0.39, 0.29) is 5.82 Å². The fraction of sp³-hybridized carbons (Fsp3) is 0.0667. The summed E-state index contributed by atoms with van der Waals surface area (Å²) >= 11 is 0. The number of nitrogen functional groups attached to an aromatic ring is 1. The van der Waals surface area contributed by atoms with E-state index in [1.807, 2.05) is 12.1 Å². The summed E-state index contributed by atoms with van der Waals surface area (Å²) in [7, 11) is 0. The minimum absolute atomic E-state index is 0.337. The Morgan fingerprint density at radius 3 is 2.85 bits per heavy atom. The van der Waals surface area contributed by atoms with Crippen LogP contribution in [-0.2, 0) is 6.54 Å². The summed E-state index contributed by atoms with van der Waals surface area (Å²) in [6.45, 7) is 0.522. The number of pyridine rings is 2. The zero-order valence-electron chi connectivity index (χ0n) is 10.7. The molecule has 0 unspecified atom stereocenters. The van der Waals surface area contributed by atoms with Crippen molar-refractivity contribution in [2.45, 2.75) is 6.54 Å². The van der Waals surface area contributed by atoms with Crippen LogP contribution < -0.4 is 11.1 Å². The topological polar surface area (TPSA) is 63.8 Å². The highest BCUT2D eigenvalue weighted by Crippen LogP contribution is 2.28. The molecule has 0 bridgehead atoms. The Balaban J connectivity index is 1.98. The van der Waals surface area contributed by atoms with Crippen molar-refractivity contribution < 1.29 is 4.39 Å². The molecule has 100 valence electrons. The third kappa shape index (κ3) is 2.25. The molecule has 0 spiro atoms. The number of halogens is 1. The second kappa shape index (κ2) is 5.13. The lowest BCUT2D eigenvalue weighted by atomic mass is 10.1. The number of hydrogen-bond acceptors (Lipinski definition) is 4. The van der Waals surface area contributed by atoms with E-state index in [2.05, 4.69) is 15.3 Å². The van der Waals surface area contributed by atoms with Crippen LogP contribution in [0.2, 0.25) is 0 Å². The normalized spacial score (nSPS) is 10.7. The number of rotatable bonds is 3. The summed E-state index contributed by atoms with van der Waals surface area (Å²) < 4.78 is 14.0. The highest BCUT2D eigenvalue weighted by molar-refractivity contribution is 5.99. The van der Waals surface area contributed by atoms with Gasteiger partial charge in [0.15, 0.2) is 0 Å². The van der Waals surface area contributed by atoms with Gasteiger partial charge in [-0.15, -0.1) is 0 Å². The quantitative estimate of drug-likeness (QED) is 0.717. The van der Waals surface area contributed by atoms with Gasteiger partial charge in [0.2, 0.25) is 0 Å². The minimum Gasteiger partial charge on any atom is -0.398 e. The number of fused-ring (bicyclic) bond motifs is 1. The summed E-state index contributed by atoms with van der Waals surface area (Å²) in [4.78, 5) is 8.23. The number of anilines is 2. The number of hydrogen-bond donors (Lipinski definition) is 2. The Kier molecular flexibility index (Phi) is 3.16. The molecule has 0 aliphatic rings. The van der Waals surface area contributed by atoms with Gasteiger partial charge in [-0.2, -0.15) is 0 Å². The summed E-state index contributed by atoms with van der Waals surface area (Å²) in [5.41, 5.74) is 7.40. The third-order valence-corrected chi connectivity index (χ3v) is 3.09. The van der Waals surface area contributed by atoms with Gasteiger partial charge in [0, 0.05) is 36.2 Å². The van der Waals surface area contributed by atoms with Crippen LogP contribution >= 0.6 is 0 Å². The van der Waals surface area contributed by atoms with Gasteiger partial charge in [0.25, 0.3) is 0 Å². The van der Waals surface area contributed by atoms with E-state index >= 15 is 0 Å². The predicted octanol–water partition coefficient (Wildman–Crippen LogP) is 2.96. The van der Waals surface area contributed by atoms with E-state index < -0.39 is 0 Å². The summed E-state index contributed by atoms with van der Waals surface area (Å²) in [6, 6.07) is 8.42. The molecule has 0 saturated carbocycles. The highest BCUT2D eigenvalue weighted by Gasteiger charge is 2.09. The molecule has 3 rings (SSSR count). The van der Waals surface area contributed by atoms with Crippen LogP contribution in [0.1, 0.15) is 5.56 Å². The summed E-state index contributed by atoms with van der Waals surface area (Å²) in [6.07, 6.45) is 5.08. The number of nitrogens with zero attached hydrogens (tertiary/aromatic N) is 2. The molecule has 0 radical (unpaired) electrons. The molecular formula is C15H13FN4. The maximum absolute atomic E-state index is 14.0. The molecule has 20 heavy (non-hydrogen) atoms. The number of aromatic nitrogens is 2. The molecule has 5 heteroatoms. The number of benzene rings is 1. The lowest BCUT2D eigenvalue weighted by Crippen LogP contribution is -2.03. The maximum atomic E-state index is 14.0. The fourth-order valence-corrected chi connectivity index (χ4v) is 2.10. The Morgan fingerprint density at radius 2 is 2.05 bits per heavy atom. The van der Waals surface area contributed by atoms with Crippen LogP contribution in [0.4, 0.5) is 15.9 Å². The molecule has 1 aromatic carbocycles. The van der Waals surface area contributed by atoms with Crippen LogP contribution in [0, 0.1) is 5.82 Å². The first-order valence-electron chi connectivity index (χ1n) is 6.21. The first-order valence-corrected chi connectivity index (χ1v) is 6.21. The number of nitrogens with one attached hydrogen (secondary N) is 1. The molecule has 0 aliphatic heterocycles. The lowest BCUT2D eigenvalue weighted by Gasteiger charge is -2.10. The van der Waals surface area contributed by atoms with Gasteiger partial charge >= 0.3 is 0 Å². The summed E-state index contributed by atoms with van der Waals surface area (Å²) in [5.74, 6) is 0.145. The van der Waals surface area contributed by atoms with E-state index in [1.165, 1.54) is 6.07 Å². The molecule has 0 atom stereocenters. The lowest BCUT2D eigenvalue weighted by molar-refractivity contribution is 0.640. The monoisotopic (exact) mass is 268 g/mol. The average molecular weight is 268 g/mol. The molecular weight excluding hydrogens is 255 g/mol. The van der Waals surface area contributed by atoms with Crippen molar-refractivity contribution in [2.24, 2.45) is 0 Å². The zero-order valence-corrected chi connectivity index (χ0v) is 10.7. The Morgan fingerprint density at radius 1 is 1.15 bits per heavy atom. The van der Waals surface area contributed by atoms with E-state index in [1.54, 1.807) is 30.7 Å². The highest BCUT2D eigenvalue weighted by atomic mass is 19.1. The maximum Gasteiger partial charge on any atom is 0.137 e. The second-order valence-electron chi connectivity index (χ2n) is 4.43. The second-order valence-corrected chi connectivity index (χ2v) is 4.43. The average Bonchev–Trinajstić information content (AvgIpc) is 2.50. The fourth-order valence-electron chi connectivity index (χ4n) is 2.10. The van der Waals surface area contributed by atoms with Crippen LogP contribution in [0.5, 0.6) is 0 Å². The zero-order chi connectivity index (χ0) is 13.9. The van der Waals surface area contributed by atoms with Gasteiger partial charge in [0.1, 0.15) is 11.6 Å². The van der Waals surface area contributed by atoms with Gasteiger partial charge in [-0.3, -0.25) is 4.98 Å². The molecule has 3 N–H and O–H groups in total. The third-order valence-electron chi connectivity index (χ3n) is 3.09. The van der Waals surface area contributed by atoms with Crippen molar-refractivity contribution in [2.75, 3.05) is 11.1 Å². The molecule has 2 aromatic heterocycles. The van der Waals surface area contributed by atoms with Gasteiger partial charge in [0.05, 0.1) is 5.39 Å². The van der Waals surface area contributed by atoms with Crippen LogP contribution in [0.25, 0.3) is 10.8 Å². The summed E-state index contributed by atoms with van der Waals surface area (Å²) in [5, 5.41) is 4.20. The molecule has 3 aromatic rings.